The number of benzene rings is 1. The third-order valence-electron chi connectivity index (χ3n) is 4.42. The van der Waals surface area contributed by atoms with E-state index in [1.54, 1.807) is 21.9 Å². The second kappa shape index (κ2) is 5.93. The summed E-state index contributed by atoms with van der Waals surface area (Å²) < 4.78 is 32.3. The van der Waals surface area contributed by atoms with Crippen molar-refractivity contribution < 1.29 is 18.3 Å². The van der Waals surface area contributed by atoms with Gasteiger partial charge < -0.3 is 9.64 Å². The molecule has 2 aliphatic rings. The van der Waals surface area contributed by atoms with E-state index in [0.29, 0.717) is 25.3 Å². The molecule has 120 valence electrons. The number of rotatable bonds is 4. The molecule has 0 saturated carbocycles. The fourth-order valence-electron chi connectivity index (χ4n) is 3.29. The molecule has 0 aliphatic carbocycles. The van der Waals surface area contributed by atoms with E-state index in [0.717, 1.165) is 0 Å². The Morgan fingerprint density at radius 3 is 2.64 bits per heavy atom. The van der Waals surface area contributed by atoms with Crippen molar-refractivity contribution in [2.75, 3.05) is 33.4 Å². The predicted octanol–water partition coefficient (Wildman–Crippen LogP) is 1.87. The van der Waals surface area contributed by atoms with Crippen LogP contribution in [-0.4, -0.2) is 67.1 Å². The van der Waals surface area contributed by atoms with Gasteiger partial charge in [0.25, 0.3) is 11.8 Å². The average Bonchev–Trinajstić information content (AvgIpc) is 2.73. The summed E-state index contributed by atoms with van der Waals surface area (Å²) in [5.74, 6) is -2.70. The van der Waals surface area contributed by atoms with Gasteiger partial charge in [-0.2, -0.15) is 0 Å². The Morgan fingerprint density at radius 1 is 1.32 bits per heavy atom. The minimum Gasteiger partial charge on any atom is -0.383 e. The van der Waals surface area contributed by atoms with E-state index in [1.807, 2.05) is 18.2 Å². The standard InChI is InChI=1S/C16H20F2N2O2/c1-22-10-13-7-16(17,18)11-20(13)14-8-19(9-14)15(21)12-5-3-2-4-6-12/h2-6,13-14H,7-11H2,1H3/t13-/m0/s1. The Labute approximate surface area is 128 Å². The van der Waals surface area contributed by atoms with Gasteiger partial charge in [-0.3, -0.25) is 9.69 Å². The molecule has 22 heavy (non-hydrogen) atoms. The van der Waals surface area contributed by atoms with E-state index in [4.69, 9.17) is 4.74 Å². The molecule has 2 fully saturated rings. The molecule has 0 bridgehead atoms. The minimum atomic E-state index is -2.66. The second-order valence-electron chi connectivity index (χ2n) is 6.07. The molecule has 0 N–H and O–H groups in total. The second-order valence-corrected chi connectivity index (χ2v) is 6.07. The first-order valence-corrected chi connectivity index (χ1v) is 7.47. The Hall–Kier alpha value is -1.53. The maximum atomic E-state index is 13.6. The van der Waals surface area contributed by atoms with Crippen LogP contribution in [0.5, 0.6) is 0 Å². The van der Waals surface area contributed by atoms with Crippen LogP contribution in [0.3, 0.4) is 0 Å². The topological polar surface area (TPSA) is 32.8 Å². The molecule has 3 rings (SSSR count). The number of alkyl halides is 2. The highest BCUT2D eigenvalue weighted by molar-refractivity contribution is 5.94. The SMILES string of the molecule is COC[C@@H]1CC(F)(F)CN1C1CN(C(=O)c2ccccc2)C1. The molecule has 0 radical (unpaired) electrons. The van der Waals surface area contributed by atoms with Crippen molar-refractivity contribution in [1.82, 2.24) is 9.80 Å². The first kappa shape index (κ1) is 15.4. The van der Waals surface area contributed by atoms with Crippen LogP contribution in [0.4, 0.5) is 8.78 Å². The summed E-state index contributed by atoms with van der Waals surface area (Å²) in [4.78, 5) is 15.8. The highest BCUT2D eigenvalue weighted by Crippen LogP contribution is 2.35. The van der Waals surface area contributed by atoms with Gasteiger partial charge in [-0.1, -0.05) is 18.2 Å². The van der Waals surface area contributed by atoms with E-state index >= 15 is 0 Å². The number of halogens is 2. The van der Waals surface area contributed by atoms with Crippen LogP contribution in [-0.2, 0) is 4.74 Å². The Kier molecular flexibility index (Phi) is 4.14. The molecule has 4 nitrogen and oxygen atoms in total. The molecule has 2 saturated heterocycles. The van der Waals surface area contributed by atoms with Crippen molar-refractivity contribution in [3.8, 4) is 0 Å². The quantitative estimate of drug-likeness (QED) is 0.851. The van der Waals surface area contributed by atoms with Crippen LogP contribution in [0.2, 0.25) is 0 Å². The van der Waals surface area contributed by atoms with Gasteiger partial charge in [-0.05, 0) is 12.1 Å². The zero-order valence-electron chi connectivity index (χ0n) is 12.5. The zero-order chi connectivity index (χ0) is 15.7. The van der Waals surface area contributed by atoms with Gasteiger partial charge in [0, 0.05) is 44.3 Å². The van der Waals surface area contributed by atoms with Crippen molar-refractivity contribution in [1.29, 1.82) is 0 Å². The monoisotopic (exact) mass is 310 g/mol. The Balaban J connectivity index is 1.59. The highest BCUT2D eigenvalue weighted by Gasteiger charge is 2.50. The molecule has 1 aromatic rings. The summed E-state index contributed by atoms with van der Waals surface area (Å²) in [5, 5.41) is 0. The number of methoxy groups -OCH3 is 1. The van der Waals surface area contributed by atoms with Gasteiger partial charge in [-0.15, -0.1) is 0 Å². The third kappa shape index (κ3) is 2.98. The summed E-state index contributed by atoms with van der Waals surface area (Å²) in [6.07, 6.45) is -0.163. The van der Waals surface area contributed by atoms with E-state index in [-0.39, 0.29) is 31.0 Å². The van der Waals surface area contributed by atoms with Gasteiger partial charge in [0.15, 0.2) is 0 Å². The van der Waals surface area contributed by atoms with Crippen LogP contribution in [0, 0.1) is 0 Å². The van der Waals surface area contributed by atoms with Crippen molar-refractivity contribution in [2.24, 2.45) is 0 Å². The molecule has 0 spiro atoms. The Morgan fingerprint density at radius 2 is 2.00 bits per heavy atom. The van der Waals surface area contributed by atoms with E-state index in [2.05, 4.69) is 0 Å². The lowest BCUT2D eigenvalue weighted by molar-refractivity contribution is -0.0136. The molecule has 0 aromatic heterocycles. The van der Waals surface area contributed by atoms with Crippen LogP contribution in [0.1, 0.15) is 16.8 Å². The maximum absolute atomic E-state index is 13.6. The molecule has 0 unspecified atom stereocenters. The molecule has 1 atom stereocenters. The number of nitrogens with zero attached hydrogens (tertiary/aromatic N) is 2. The van der Waals surface area contributed by atoms with Crippen LogP contribution in [0.25, 0.3) is 0 Å². The van der Waals surface area contributed by atoms with Crippen molar-refractivity contribution >= 4 is 5.91 Å². The molecule has 1 amide bonds. The summed E-state index contributed by atoms with van der Waals surface area (Å²) in [5.41, 5.74) is 0.640. The molecular formula is C16H20F2N2O2. The zero-order valence-corrected chi connectivity index (χ0v) is 12.5. The van der Waals surface area contributed by atoms with Gasteiger partial charge in [0.2, 0.25) is 0 Å². The largest absolute Gasteiger partial charge is 0.383 e. The molecule has 2 heterocycles. The number of likely N-dealkylation sites (tertiary alicyclic amines) is 2. The number of hydrogen-bond donors (Lipinski definition) is 0. The Bertz CT molecular complexity index is 532. The molecule has 1 aromatic carbocycles. The number of hydrogen-bond acceptors (Lipinski definition) is 3. The molecular weight excluding hydrogens is 290 g/mol. The average molecular weight is 310 g/mol. The number of carbonyl (C=O) groups excluding carboxylic acids is 1. The normalized spacial score (nSPS) is 25.2. The van der Waals surface area contributed by atoms with Crippen LogP contribution >= 0.6 is 0 Å². The van der Waals surface area contributed by atoms with E-state index in [9.17, 15) is 13.6 Å². The van der Waals surface area contributed by atoms with Gasteiger partial charge in [0.05, 0.1) is 13.2 Å². The van der Waals surface area contributed by atoms with Crippen molar-refractivity contribution in [3.63, 3.8) is 0 Å². The van der Waals surface area contributed by atoms with Crippen LogP contribution < -0.4 is 0 Å². The van der Waals surface area contributed by atoms with E-state index < -0.39 is 5.92 Å². The number of amides is 1. The lowest BCUT2D eigenvalue weighted by Gasteiger charge is -2.45. The molecule has 2 aliphatic heterocycles. The first-order valence-electron chi connectivity index (χ1n) is 7.47. The van der Waals surface area contributed by atoms with E-state index in [1.165, 1.54) is 7.11 Å². The smallest absolute Gasteiger partial charge is 0.262 e. The lowest BCUT2D eigenvalue weighted by Crippen LogP contribution is -2.62. The minimum absolute atomic E-state index is 0.00110. The summed E-state index contributed by atoms with van der Waals surface area (Å²) >= 11 is 0. The van der Waals surface area contributed by atoms with Gasteiger partial charge in [-0.25, -0.2) is 8.78 Å². The first-order chi connectivity index (χ1) is 10.5. The fourth-order valence-corrected chi connectivity index (χ4v) is 3.29. The maximum Gasteiger partial charge on any atom is 0.262 e. The highest BCUT2D eigenvalue weighted by atomic mass is 19.3. The lowest BCUT2D eigenvalue weighted by atomic mass is 10.0. The van der Waals surface area contributed by atoms with Gasteiger partial charge >= 0.3 is 0 Å². The predicted molar refractivity (Wildman–Crippen MR) is 78.1 cm³/mol. The number of ether oxygens (including phenoxy) is 1. The summed E-state index contributed by atoms with van der Waals surface area (Å²) in [6, 6.07) is 8.78. The van der Waals surface area contributed by atoms with Crippen LogP contribution in [0.15, 0.2) is 30.3 Å². The van der Waals surface area contributed by atoms with Gasteiger partial charge in [0.1, 0.15) is 0 Å². The van der Waals surface area contributed by atoms with Crippen molar-refractivity contribution in [2.45, 2.75) is 24.4 Å². The number of carbonyl (C=O) groups is 1. The third-order valence-corrected chi connectivity index (χ3v) is 4.42. The summed E-state index contributed by atoms with van der Waals surface area (Å²) in [6.45, 7) is 1.08. The fraction of sp³-hybridized carbons (Fsp3) is 0.562. The summed E-state index contributed by atoms with van der Waals surface area (Å²) in [7, 11) is 1.53. The molecule has 6 heteroatoms. The van der Waals surface area contributed by atoms with Crippen molar-refractivity contribution in [3.05, 3.63) is 35.9 Å².